The Hall–Kier alpha value is -1.46. The van der Waals surface area contributed by atoms with Gasteiger partial charge in [-0.15, -0.1) is 0 Å². The van der Waals surface area contributed by atoms with E-state index in [2.05, 4.69) is 10.2 Å². The predicted octanol–water partition coefficient (Wildman–Crippen LogP) is 2.03. The van der Waals surface area contributed by atoms with E-state index in [0.29, 0.717) is 12.2 Å². The van der Waals surface area contributed by atoms with E-state index in [0.717, 1.165) is 38.2 Å². The number of aryl methyl sites for hydroxylation is 1. The van der Waals surface area contributed by atoms with Gasteiger partial charge in [0.15, 0.2) is 0 Å². The number of halogens is 1. The summed E-state index contributed by atoms with van der Waals surface area (Å²) in [4.78, 5) is 14.5. The molecule has 1 unspecified atom stereocenters. The summed E-state index contributed by atoms with van der Waals surface area (Å²) in [7, 11) is 0. The lowest BCUT2D eigenvalue weighted by Gasteiger charge is -2.29. The number of nitrogens with one attached hydrogen (secondary N) is 1. The first-order valence-corrected chi connectivity index (χ1v) is 7.51. The lowest BCUT2D eigenvalue weighted by Crippen LogP contribution is -2.37. The van der Waals surface area contributed by atoms with Gasteiger partial charge >= 0.3 is 5.97 Å². The van der Waals surface area contributed by atoms with Crippen molar-refractivity contribution in [3.8, 4) is 0 Å². The largest absolute Gasteiger partial charge is 0.465 e. The molecule has 1 aromatic carbocycles. The molecule has 1 aliphatic heterocycles. The second kappa shape index (κ2) is 7.52. The zero-order valence-corrected chi connectivity index (χ0v) is 12.7. The smallest absolute Gasteiger partial charge is 0.328 e. The zero-order valence-electron chi connectivity index (χ0n) is 12.7. The van der Waals surface area contributed by atoms with Gasteiger partial charge in [-0.05, 0) is 44.0 Å². The highest BCUT2D eigenvalue weighted by atomic mass is 19.1. The number of ether oxygens (including phenoxy) is 1. The number of rotatable bonds is 4. The predicted molar refractivity (Wildman–Crippen MR) is 79.6 cm³/mol. The lowest BCUT2D eigenvalue weighted by atomic mass is 10.0. The Morgan fingerprint density at radius 1 is 1.43 bits per heavy atom. The molecule has 116 valence electrons. The normalized spacial score (nSPS) is 18.0. The van der Waals surface area contributed by atoms with Crippen LogP contribution in [0.1, 0.15) is 30.5 Å². The molecule has 1 fully saturated rings. The Balaban J connectivity index is 2.29. The van der Waals surface area contributed by atoms with Gasteiger partial charge < -0.3 is 10.1 Å². The molecule has 0 amide bonds. The van der Waals surface area contributed by atoms with E-state index >= 15 is 0 Å². The van der Waals surface area contributed by atoms with Crippen LogP contribution in [0.5, 0.6) is 0 Å². The van der Waals surface area contributed by atoms with Gasteiger partial charge in [-0.3, -0.25) is 4.90 Å². The van der Waals surface area contributed by atoms with Crippen LogP contribution in [0.3, 0.4) is 0 Å². The minimum atomic E-state index is -0.454. The second-order valence-corrected chi connectivity index (χ2v) is 5.30. The first kappa shape index (κ1) is 15.9. The fraction of sp³-hybridized carbons (Fsp3) is 0.562. The molecule has 21 heavy (non-hydrogen) atoms. The molecule has 1 aromatic rings. The van der Waals surface area contributed by atoms with Crippen LogP contribution in [-0.2, 0) is 9.53 Å². The molecule has 1 saturated heterocycles. The quantitative estimate of drug-likeness (QED) is 0.863. The third-order valence-electron chi connectivity index (χ3n) is 3.75. The van der Waals surface area contributed by atoms with E-state index in [-0.39, 0.29) is 11.8 Å². The minimum Gasteiger partial charge on any atom is -0.465 e. The van der Waals surface area contributed by atoms with Crippen molar-refractivity contribution in [2.45, 2.75) is 26.3 Å². The van der Waals surface area contributed by atoms with E-state index in [1.807, 2.05) is 0 Å². The van der Waals surface area contributed by atoms with Crippen LogP contribution < -0.4 is 5.32 Å². The molecule has 1 N–H and O–H groups in total. The van der Waals surface area contributed by atoms with Gasteiger partial charge in [-0.1, -0.05) is 12.1 Å². The van der Waals surface area contributed by atoms with Gasteiger partial charge in [-0.2, -0.15) is 0 Å². The molecule has 1 aliphatic rings. The molecule has 0 saturated carbocycles. The van der Waals surface area contributed by atoms with Crippen LogP contribution in [-0.4, -0.2) is 43.7 Å². The van der Waals surface area contributed by atoms with E-state index < -0.39 is 6.04 Å². The fourth-order valence-corrected chi connectivity index (χ4v) is 2.68. The molecule has 2 rings (SSSR count). The third kappa shape index (κ3) is 4.02. The van der Waals surface area contributed by atoms with E-state index in [1.54, 1.807) is 26.0 Å². The van der Waals surface area contributed by atoms with Gasteiger partial charge in [0.05, 0.1) is 6.61 Å². The van der Waals surface area contributed by atoms with Gasteiger partial charge in [-0.25, -0.2) is 9.18 Å². The molecule has 0 aliphatic carbocycles. The summed E-state index contributed by atoms with van der Waals surface area (Å²) in [6, 6.07) is 4.40. The van der Waals surface area contributed by atoms with Gasteiger partial charge in [0.25, 0.3) is 0 Å². The Kier molecular flexibility index (Phi) is 5.70. The Bertz CT molecular complexity index is 485. The first-order chi connectivity index (χ1) is 10.1. The Morgan fingerprint density at radius 2 is 2.24 bits per heavy atom. The molecule has 0 bridgehead atoms. The third-order valence-corrected chi connectivity index (χ3v) is 3.75. The summed E-state index contributed by atoms with van der Waals surface area (Å²) in [6.07, 6.45) is 0.982. The average Bonchev–Trinajstić information content (AvgIpc) is 2.72. The highest BCUT2D eigenvalue weighted by Gasteiger charge is 2.29. The monoisotopic (exact) mass is 294 g/mol. The number of benzene rings is 1. The summed E-state index contributed by atoms with van der Waals surface area (Å²) in [5.74, 6) is -0.510. The Labute approximate surface area is 125 Å². The summed E-state index contributed by atoms with van der Waals surface area (Å²) in [5.41, 5.74) is 1.35. The summed E-state index contributed by atoms with van der Waals surface area (Å²) < 4.78 is 18.7. The van der Waals surface area contributed by atoms with Crippen molar-refractivity contribution in [1.82, 2.24) is 10.2 Å². The molecular formula is C16H23FN2O2. The average molecular weight is 294 g/mol. The summed E-state index contributed by atoms with van der Waals surface area (Å²) >= 11 is 0. The maximum Gasteiger partial charge on any atom is 0.328 e. The van der Waals surface area contributed by atoms with E-state index in [9.17, 15) is 9.18 Å². The van der Waals surface area contributed by atoms with E-state index in [1.165, 1.54) is 6.07 Å². The number of hydrogen-bond donors (Lipinski definition) is 1. The summed E-state index contributed by atoms with van der Waals surface area (Å²) in [5, 5.41) is 3.32. The van der Waals surface area contributed by atoms with Crippen LogP contribution in [0.15, 0.2) is 18.2 Å². The second-order valence-electron chi connectivity index (χ2n) is 5.30. The Morgan fingerprint density at radius 3 is 2.95 bits per heavy atom. The molecule has 0 aromatic heterocycles. The van der Waals surface area contributed by atoms with Crippen LogP contribution in [0, 0.1) is 12.7 Å². The van der Waals surface area contributed by atoms with Crippen molar-refractivity contribution in [2.75, 3.05) is 32.8 Å². The van der Waals surface area contributed by atoms with Crippen LogP contribution in [0.4, 0.5) is 4.39 Å². The van der Waals surface area contributed by atoms with Crippen molar-refractivity contribution < 1.29 is 13.9 Å². The number of nitrogens with zero attached hydrogens (tertiary/aromatic N) is 1. The van der Waals surface area contributed by atoms with Crippen molar-refractivity contribution >= 4 is 5.97 Å². The van der Waals surface area contributed by atoms with E-state index in [4.69, 9.17) is 4.74 Å². The molecule has 0 radical (unpaired) electrons. The topological polar surface area (TPSA) is 41.6 Å². The van der Waals surface area contributed by atoms with Crippen LogP contribution in [0.2, 0.25) is 0 Å². The number of hydrogen-bond acceptors (Lipinski definition) is 4. The van der Waals surface area contributed by atoms with Crippen molar-refractivity contribution in [3.05, 3.63) is 35.1 Å². The number of carbonyl (C=O) groups excluding carboxylic acids is 1. The van der Waals surface area contributed by atoms with Crippen molar-refractivity contribution in [2.24, 2.45) is 0 Å². The molecule has 1 heterocycles. The highest BCUT2D eigenvalue weighted by molar-refractivity contribution is 5.77. The maximum absolute atomic E-state index is 13.5. The standard InChI is InChI=1S/C16H23FN2O2/c1-3-21-16(20)15(19-9-4-7-18-8-10-19)13-5-6-14(17)12(2)11-13/h5-6,11,15,18H,3-4,7-10H2,1-2H3. The first-order valence-electron chi connectivity index (χ1n) is 7.51. The molecule has 4 nitrogen and oxygen atoms in total. The minimum absolute atomic E-state index is 0.251. The summed E-state index contributed by atoms with van der Waals surface area (Å²) in [6.45, 7) is 7.26. The fourth-order valence-electron chi connectivity index (χ4n) is 2.68. The van der Waals surface area contributed by atoms with Crippen molar-refractivity contribution in [3.63, 3.8) is 0 Å². The molecule has 0 spiro atoms. The van der Waals surface area contributed by atoms with Crippen LogP contribution in [0.25, 0.3) is 0 Å². The van der Waals surface area contributed by atoms with Crippen LogP contribution >= 0.6 is 0 Å². The SMILES string of the molecule is CCOC(=O)C(c1ccc(F)c(C)c1)N1CCCNCC1. The molecule has 5 heteroatoms. The number of carbonyl (C=O) groups is 1. The maximum atomic E-state index is 13.5. The van der Waals surface area contributed by atoms with Gasteiger partial charge in [0.2, 0.25) is 0 Å². The van der Waals surface area contributed by atoms with Gasteiger partial charge in [0, 0.05) is 19.6 Å². The zero-order chi connectivity index (χ0) is 15.2. The lowest BCUT2D eigenvalue weighted by molar-refractivity contribution is -0.149. The van der Waals surface area contributed by atoms with Gasteiger partial charge in [0.1, 0.15) is 11.9 Å². The number of esters is 1. The highest BCUT2D eigenvalue weighted by Crippen LogP contribution is 2.25. The molecular weight excluding hydrogens is 271 g/mol. The molecule has 1 atom stereocenters. The van der Waals surface area contributed by atoms with Crippen molar-refractivity contribution in [1.29, 1.82) is 0 Å².